The van der Waals surface area contributed by atoms with E-state index in [1.54, 1.807) is 30.3 Å². The predicted molar refractivity (Wildman–Crippen MR) is 122 cm³/mol. The third-order valence-corrected chi connectivity index (χ3v) is 6.88. The van der Waals surface area contributed by atoms with E-state index >= 15 is 0 Å². The van der Waals surface area contributed by atoms with Crippen molar-refractivity contribution in [2.24, 2.45) is 0 Å². The zero-order valence-corrected chi connectivity index (χ0v) is 19.6. The van der Waals surface area contributed by atoms with E-state index in [1.165, 1.54) is 23.3 Å². The van der Waals surface area contributed by atoms with Gasteiger partial charge in [-0.3, -0.25) is 9.59 Å². The Morgan fingerprint density at radius 3 is 2.61 bits per heavy atom. The normalized spacial score (nSPS) is 16.9. The molecule has 33 heavy (non-hydrogen) atoms. The molecule has 0 spiro atoms. The minimum atomic E-state index is -3.87. The number of hydrogen-bond acceptors (Lipinski definition) is 6. The van der Waals surface area contributed by atoms with E-state index in [0.717, 1.165) is 12.8 Å². The fourth-order valence-corrected chi connectivity index (χ4v) is 4.72. The van der Waals surface area contributed by atoms with E-state index < -0.39 is 28.5 Å². The smallest absolute Gasteiger partial charge is 0.242 e. The molecule has 1 aromatic carbocycles. The molecule has 0 saturated carbocycles. The van der Waals surface area contributed by atoms with Crippen LogP contribution in [0.1, 0.15) is 38.4 Å². The largest absolute Gasteiger partial charge is 0.467 e. The maximum atomic E-state index is 13.2. The molecule has 1 aliphatic rings. The first kappa shape index (κ1) is 24.9. The van der Waals surface area contributed by atoms with Crippen LogP contribution < -0.4 is 10.0 Å². The van der Waals surface area contributed by atoms with Crippen LogP contribution in [-0.4, -0.2) is 57.0 Å². The van der Waals surface area contributed by atoms with Crippen LogP contribution in [0.3, 0.4) is 0 Å². The SMILES string of the molecule is CCC[C@H](C(=O)NC[C@@H]1CCCO1)N(Cc1ccco1)C(=O)CNS(=O)(=O)c1ccccc1. The number of carbonyl (C=O) groups excluding carboxylic acids is 2. The van der Waals surface area contributed by atoms with Gasteiger partial charge in [-0.15, -0.1) is 0 Å². The third kappa shape index (κ3) is 7.15. The fourth-order valence-electron chi connectivity index (χ4n) is 3.72. The first-order valence-corrected chi connectivity index (χ1v) is 12.6. The number of sulfonamides is 1. The predicted octanol–water partition coefficient (Wildman–Crippen LogP) is 2.05. The monoisotopic (exact) mass is 477 g/mol. The van der Waals surface area contributed by atoms with Crippen LogP contribution in [0, 0.1) is 0 Å². The molecule has 9 nitrogen and oxygen atoms in total. The zero-order valence-electron chi connectivity index (χ0n) is 18.7. The second kappa shape index (κ2) is 12.0. The van der Waals surface area contributed by atoms with Crippen molar-refractivity contribution in [3.63, 3.8) is 0 Å². The first-order chi connectivity index (χ1) is 15.9. The summed E-state index contributed by atoms with van der Waals surface area (Å²) in [6.45, 7) is 2.56. The summed E-state index contributed by atoms with van der Waals surface area (Å²) in [5.74, 6) is -0.308. The van der Waals surface area contributed by atoms with Crippen molar-refractivity contribution >= 4 is 21.8 Å². The number of amides is 2. The van der Waals surface area contributed by atoms with Gasteiger partial charge in [-0.05, 0) is 43.5 Å². The second-order valence-corrected chi connectivity index (χ2v) is 9.69. The molecule has 0 unspecified atom stereocenters. The lowest BCUT2D eigenvalue weighted by molar-refractivity contribution is -0.141. The van der Waals surface area contributed by atoms with Gasteiger partial charge in [0.15, 0.2) is 0 Å². The highest BCUT2D eigenvalue weighted by Gasteiger charge is 2.31. The number of furan rings is 1. The lowest BCUT2D eigenvalue weighted by Crippen LogP contribution is -2.52. The van der Waals surface area contributed by atoms with Crippen LogP contribution in [0.4, 0.5) is 0 Å². The van der Waals surface area contributed by atoms with Crippen molar-refractivity contribution < 1.29 is 27.2 Å². The van der Waals surface area contributed by atoms with Gasteiger partial charge >= 0.3 is 0 Å². The van der Waals surface area contributed by atoms with Gasteiger partial charge in [0.2, 0.25) is 21.8 Å². The van der Waals surface area contributed by atoms with Crippen LogP contribution in [0.25, 0.3) is 0 Å². The second-order valence-electron chi connectivity index (χ2n) is 7.92. The van der Waals surface area contributed by atoms with Gasteiger partial charge < -0.3 is 19.4 Å². The molecule has 2 atom stereocenters. The van der Waals surface area contributed by atoms with Crippen molar-refractivity contribution in [2.75, 3.05) is 19.7 Å². The highest BCUT2D eigenvalue weighted by atomic mass is 32.2. The maximum Gasteiger partial charge on any atom is 0.242 e. The summed E-state index contributed by atoms with van der Waals surface area (Å²) < 4.78 is 38.4. The Labute approximate surface area is 194 Å². The molecule has 180 valence electrons. The highest BCUT2D eigenvalue weighted by molar-refractivity contribution is 7.89. The number of rotatable bonds is 12. The van der Waals surface area contributed by atoms with Gasteiger partial charge in [-0.25, -0.2) is 13.1 Å². The Balaban J connectivity index is 1.73. The van der Waals surface area contributed by atoms with Crippen LogP contribution in [0.2, 0.25) is 0 Å². The summed E-state index contributed by atoms with van der Waals surface area (Å²) in [6, 6.07) is 10.5. The molecule has 0 aliphatic carbocycles. The summed E-state index contributed by atoms with van der Waals surface area (Å²) >= 11 is 0. The van der Waals surface area contributed by atoms with Crippen molar-refractivity contribution in [3.8, 4) is 0 Å². The van der Waals surface area contributed by atoms with Crippen molar-refractivity contribution in [1.82, 2.24) is 14.9 Å². The summed E-state index contributed by atoms with van der Waals surface area (Å²) in [7, 11) is -3.87. The summed E-state index contributed by atoms with van der Waals surface area (Å²) in [5.41, 5.74) is 0. The molecule has 2 amide bonds. The summed E-state index contributed by atoms with van der Waals surface area (Å²) in [5, 5.41) is 2.90. The van der Waals surface area contributed by atoms with E-state index in [4.69, 9.17) is 9.15 Å². The van der Waals surface area contributed by atoms with E-state index in [-0.39, 0.29) is 23.5 Å². The molecule has 1 aliphatic heterocycles. The molecule has 1 fully saturated rings. The molecule has 1 aromatic heterocycles. The number of hydrogen-bond donors (Lipinski definition) is 2. The van der Waals surface area contributed by atoms with Crippen molar-refractivity contribution in [2.45, 2.75) is 56.2 Å². The van der Waals surface area contributed by atoms with Gasteiger partial charge in [0.1, 0.15) is 11.8 Å². The maximum absolute atomic E-state index is 13.2. The lowest BCUT2D eigenvalue weighted by Gasteiger charge is -2.30. The Bertz CT molecular complexity index is 988. The molecule has 0 bridgehead atoms. The molecule has 2 N–H and O–H groups in total. The zero-order chi connectivity index (χ0) is 23.7. The number of nitrogens with one attached hydrogen (secondary N) is 2. The average Bonchev–Trinajstić information content (AvgIpc) is 3.53. The molecule has 3 rings (SSSR count). The van der Waals surface area contributed by atoms with Gasteiger partial charge in [-0.2, -0.15) is 0 Å². The summed E-state index contributed by atoms with van der Waals surface area (Å²) in [6.07, 6.45) is 4.40. The average molecular weight is 478 g/mol. The standard InChI is InChI=1S/C23H31N3O6S/c1-2-8-21(23(28)24-15-18-9-6-13-31-18)26(17-19-10-7-14-32-19)22(27)16-25-33(29,30)20-11-4-3-5-12-20/h3-5,7,10-12,14,18,21,25H,2,6,8-9,13,15-17H2,1H3,(H,24,28)/t18-,21+/m0/s1. The number of carbonyl (C=O) groups is 2. The van der Waals surface area contributed by atoms with E-state index in [0.29, 0.717) is 31.8 Å². The Morgan fingerprint density at radius 2 is 1.97 bits per heavy atom. The molecule has 2 aromatic rings. The Morgan fingerprint density at radius 1 is 1.18 bits per heavy atom. The van der Waals surface area contributed by atoms with Crippen LogP contribution in [0.5, 0.6) is 0 Å². The van der Waals surface area contributed by atoms with E-state index in [1.807, 2.05) is 6.92 Å². The van der Waals surface area contributed by atoms with E-state index in [9.17, 15) is 18.0 Å². The Hall–Kier alpha value is -2.69. The molecule has 2 heterocycles. The quantitative estimate of drug-likeness (QED) is 0.483. The van der Waals surface area contributed by atoms with Crippen LogP contribution >= 0.6 is 0 Å². The van der Waals surface area contributed by atoms with E-state index in [2.05, 4.69) is 10.0 Å². The van der Waals surface area contributed by atoms with Crippen LogP contribution in [-0.2, 0) is 30.9 Å². The van der Waals surface area contributed by atoms with Crippen molar-refractivity contribution in [3.05, 3.63) is 54.5 Å². The fraction of sp³-hybridized carbons (Fsp3) is 0.478. The molecule has 0 radical (unpaired) electrons. The number of benzene rings is 1. The summed E-state index contributed by atoms with van der Waals surface area (Å²) in [4.78, 5) is 27.7. The topological polar surface area (TPSA) is 118 Å². The van der Waals surface area contributed by atoms with Gasteiger partial charge in [0.25, 0.3) is 0 Å². The van der Waals surface area contributed by atoms with Crippen molar-refractivity contribution in [1.29, 1.82) is 0 Å². The minimum absolute atomic E-state index is 0.0249. The Kier molecular flexibility index (Phi) is 9.04. The molecule has 10 heteroatoms. The first-order valence-electron chi connectivity index (χ1n) is 11.2. The molecular weight excluding hydrogens is 446 g/mol. The van der Waals surface area contributed by atoms with Crippen LogP contribution in [0.15, 0.2) is 58.0 Å². The minimum Gasteiger partial charge on any atom is -0.467 e. The number of ether oxygens (including phenoxy) is 1. The van der Waals surface area contributed by atoms with Gasteiger partial charge in [0.05, 0.1) is 30.4 Å². The lowest BCUT2D eigenvalue weighted by atomic mass is 10.1. The number of nitrogens with zero attached hydrogens (tertiary/aromatic N) is 1. The molecular formula is C23H31N3O6S. The van der Waals surface area contributed by atoms with Gasteiger partial charge in [-0.1, -0.05) is 31.5 Å². The van der Waals surface area contributed by atoms with Gasteiger partial charge in [0, 0.05) is 13.2 Å². The highest BCUT2D eigenvalue weighted by Crippen LogP contribution is 2.16. The molecule has 1 saturated heterocycles. The third-order valence-electron chi connectivity index (χ3n) is 5.46.